The first-order valence-corrected chi connectivity index (χ1v) is 11.0. The van der Waals surface area contributed by atoms with Crippen LogP contribution < -0.4 is 4.72 Å². The fourth-order valence-corrected chi connectivity index (χ4v) is 5.63. The number of sulfonamides is 1. The van der Waals surface area contributed by atoms with Crippen LogP contribution in [0.2, 0.25) is 0 Å². The lowest BCUT2D eigenvalue weighted by Gasteiger charge is -2.36. The number of thiophene rings is 1. The predicted octanol–water partition coefficient (Wildman–Crippen LogP) is 4.69. The molecule has 3 nitrogen and oxygen atoms in total. The Morgan fingerprint density at radius 2 is 1.78 bits per heavy atom. The molecule has 0 saturated heterocycles. The molecule has 0 bridgehead atoms. The SMILES string of the molecule is O=S(=O)(NCC1(c2cccs2)CCCCC1)c1ccc(Br)cc1. The van der Waals surface area contributed by atoms with Gasteiger partial charge in [-0.05, 0) is 48.6 Å². The molecule has 1 fully saturated rings. The molecule has 0 aliphatic heterocycles. The fraction of sp³-hybridized carbons (Fsp3) is 0.412. The van der Waals surface area contributed by atoms with Crippen LogP contribution in [0.15, 0.2) is 51.1 Å². The zero-order chi connectivity index (χ0) is 16.3. The average molecular weight is 414 g/mol. The molecule has 0 unspecified atom stereocenters. The standard InChI is InChI=1S/C17H20BrNO2S2/c18-14-6-8-15(9-7-14)23(20,21)19-13-17(10-2-1-3-11-17)16-5-4-12-22-16/h4-9,12,19H,1-3,10-11,13H2. The molecular formula is C17H20BrNO2S2. The smallest absolute Gasteiger partial charge is 0.210 e. The summed E-state index contributed by atoms with van der Waals surface area (Å²) in [6, 6.07) is 11.0. The molecule has 1 N–H and O–H groups in total. The monoisotopic (exact) mass is 413 g/mol. The van der Waals surface area contributed by atoms with Crippen LogP contribution in [0.5, 0.6) is 0 Å². The van der Waals surface area contributed by atoms with Gasteiger partial charge in [0.15, 0.2) is 0 Å². The first-order valence-electron chi connectivity index (χ1n) is 7.81. The molecule has 0 atom stereocenters. The molecule has 1 heterocycles. The van der Waals surface area contributed by atoms with Gasteiger partial charge in [-0.2, -0.15) is 0 Å². The predicted molar refractivity (Wildman–Crippen MR) is 98.4 cm³/mol. The second-order valence-electron chi connectivity index (χ2n) is 6.10. The Balaban J connectivity index is 1.80. The average Bonchev–Trinajstić information content (AvgIpc) is 3.10. The maximum absolute atomic E-state index is 12.6. The Labute approximate surface area is 150 Å². The van der Waals surface area contributed by atoms with Gasteiger partial charge in [0.25, 0.3) is 0 Å². The highest BCUT2D eigenvalue weighted by molar-refractivity contribution is 9.10. The summed E-state index contributed by atoms with van der Waals surface area (Å²) < 4.78 is 28.9. The molecule has 2 aromatic rings. The Morgan fingerprint density at radius 1 is 1.09 bits per heavy atom. The highest BCUT2D eigenvalue weighted by Gasteiger charge is 2.36. The largest absolute Gasteiger partial charge is 0.240 e. The van der Waals surface area contributed by atoms with Crippen molar-refractivity contribution in [3.8, 4) is 0 Å². The first-order chi connectivity index (χ1) is 11.0. The summed E-state index contributed by atoms with van der Waals surface area (Å²) in [4.78, 5) is 1.62. The molecular weight excluding hydrogens is 394 g/mol. The van der Waals surface area contributed by atoms with Crippen molar-refractivity contribution in [2.24, 2.45) is 0 Å². The second kappa shape index (κ2) is 7.05. The molecule has 0 amide bonds. The van der Waals surface area contributed by atoms with Gasteiger partial charge in [0.2, 0.25) is 10.0 Å². The van der Waals surface area contributed by atoms with Crippen molar-refractivity contribution in [3.05, 3.63) is 51.1 Å². The number of hydrogen-bond donors (Lipinski definition) is 1. The van der Waals surface area contributed by atoms with Crippen LogP contribution in [0.3, 0.4) is 0 Å². The molecule has 124 valence electrons. The third kappa shape index (κ3) is 3.87. The quantitative estimate of drug-likeness (QED) is 0.772. The molecule has 1 aliphatic carbocycles. The van der Waals surface area contributed by atoms with Crippen molar-refractivity contribution < 1.29 is 8.42 Å². The van der Waals surface area contributed by atoms with Crippen molar-refractivity contribution in [2.75, 3.05) is 6.54 Å². The minimum atomic E-state index is -3.47. The van der Waals surface area contributed by atoms with Gasteiger partial charge >= 0.3 is 0 Å². The van der Waals surface area contributed by atoms with Gasteiger partial charge in [-0.15, -0.1) is 11.3 Å². The van der Waals surface area contributed by atoms with E-state index in [1.807, 2.05) is 0 Å². The van der Waals surface area contributed by atoms with Crippen molar-refractivity contribution in [3.63, 3.8) is 0 Å². The van der Waals surface area contributed by atoms with E-state index in [-0.39, 0.29) is 5.41 Å². The maximum atomic E-state index is 12.6. The van der Waals surface area contributed by atoms with E-state index in [2.05, 4.69) is 38.2 Å². The number of hydrogen-bond acceptors (Lipinski definition) is 3. The zero-order valence-corrected chi connectivity index (χ0v) is 16.0. The minimum Gasteiger partial charge on any atom is -0.210 e. The van der Waals surface area contributed by atoms with Gasteiger partial charge in [-0.3, -0.25) is 0 Å². The van der Waals surface area contributed by atoms with E-state index in [1.54, 1.807) is 35.6 Å². The molecule has 1 aliphatic rings. The Morgan fingerprint density at radius 3 is 2.39 bits per heavy atom. The summed E-state index contributed by atoms with van der Waals surface area (Å²) in [6.07, 6.45) is 5.68. The van der Waals surface area contributed by atoms with Crippen molar-refractivity contribution >= 4 is 37.3 Å². The maximum Gasteiger partial charge on any atom is 0.240 e. The molecule has 6 heteroatoms. The minimum absolute atomic E-state index is 0.0468. The summed E-state index contributed by atoms with van der Waals surface area (Å²) in [6.45, 7) is 0.478. The number of nitrogens with one attached hydrogen (secondary N) is 1. The molecule has 23 heavy (non-hydrogen) atoms. The summed E-state index contributed by atoms with van der Waals surface area (Å²) in [5, 5.41) is 2.08. The molecule has 1 aromatic carbocycles. The third-order valence-corrected chi connectivity index (χ3v) is 7.64. The van der Waals surface area contributed by atoms with Gasteiger partial charge in [-0.25, -0.2) is 13.1 Å². The van der Waals surface area contributed by atoms with Gasteiger partial charge in [0.05, 0.1) is 4.90 Å². The van der Waals surface area contributed by atoms with Crippen LogP contribution in [-0.2, 0) is 15.4 Å². The summed E-state index contributed by atoms with van der Waals surface area (Å²) in [5.41, 5.74) is -0.0468. The Bertz CT molecular complexity index is 733. The third-order valence-electron chi connectivity index (χ3n) is 4.58. The first kappa shape index (κ1) is 17.1. The van der Waals surface area contributed by atoms with E-state index in [0.29, 0.717) is 11.4 Å². The lowest BCUT2D eigenvalue weighted by molar-refractivity contribution is 0.298. The van der Waals surface area contributed by atoms with E-state index in [0.717, 1.165) is 30.2 Å². The van der Waals surface area contributed by atoms with Crippen LogP contribution in [0.1, 0.15) is 37.0 Å². The molecule has 0 spiro atoms. The van der Waals surface area contributed by atoms with Crippen molar-refractivity contribution in [1.82, 2.24) is 4.72 Å². The van der Waals surface area contributed by atoms with Crippen LogP contribution in [0.4, 0.5) is 0 Å². The topological polar surface area (TPSA) is 46.2 Å². The van der Waals surface area contributed by atoms with Gasteiger partial charge < -0.3 is 0 Å². The van der Waals surface area contributed by atoms with Crippen molar-refractivity contribution in [1.29, 1.82) is 0 Å². The Kier molecular flexibility index (Phi) is 5.26. The number of halogens is 1. The number of rotatable bonds is 5. The van der Waals surface area contributed by atoms with Crippen LogP contribution >= 0.6 is 27.3 Å². The molecule has 3 rings (SSSR count). The van der Waals surface area contributed by atoms with Gasteiger partial charge in [-0.1, -0.05) is 41.3 Å². The van der Waals surface area contributed by atoms with Crippen LogP contribution in [0, 0.1) is 0 Å². The van der Waals surface area contributed by atoms with Crippen molar-refractivity contribution in [2.45, 2.75) is 42.4 Å². The molecule has 1 saturated carbocycles. The van der Waals surface area contributed by atoms with Gasteiger partial charge in [0, 0.05) is 21.3 Å². The number of benzene rings is 1. The summed E-state index contributed by atoms with van der Waals surface area (Å²) in [7, 11) is -3.47. The zero-order valence-electron chi connectivity index (χ0n) is 12.8. The highest BCUT2D eigenvalue weighted by Crippen LogP contribution is 2.41. The molecule has 1 aromatic heterocycles. The van der Waals surface area contributed by atoms with Crippen LogP contribution in [-0.4, -0.2) is 15.0 Å². The second-order valence-corrected chi connectivity index (χ2v) is 9.73. The van der Waals surface area contributed by atoms with Crippen LogP contribution in [0.25, 0.3) is 0 Å². The van der Waals surface area contributed by atoms with E-state index in [1.165, 1.54) is 11.3 Å². The summed E-state index contributed by atoms with van der Waals surface area (Å²) in [5.74, 6) is 0. The lowest BCUT2D eigenvalue weighted by atomic mass is 9.73. The van der Waals surface area contributed by atoms with E-state index in [9.17, 15) is 8.42 Å². The van der Waals surface area contributed by atoms with E-state index >= 15 is 0 Å². The fourth-order valence-electron chi connectivity index (χ4n) is 3.25. The lowest BCUT2D eigenvalue weighted by Crippen LogP contribution is -2.41. The van der Waals surface area contributed by atoms with Gasteiger partial charge in [0.1, 0.15) is 0 Å². The highest BCUT2D eigenvalue weighted by atomic mass is 79.9. The summed E-state index contributed by atoms with van der Waals surface area (Å²) >= 11 is 5.07. The normalized spacial score (nSPS) is 18.0. The van der Waals surface area contributed by atoms with E-state index in [4.69, 9.17) is 0 Å². The van der Waals surface area contributed by atoms with E-state index < -0.39 is 10.0 Å². The molecule has 0 radical (unpaired) electrons. The Hall–Kier alpha value is -0.690.